The molecule has 2 heterocycles. The number of pyridine rings is 1. The van der Waals surface area contributed by atoms with Gasteiger partial charge in [0, 0.05) is 23.0 Å². The minimum Gasteiger partial charge on any atom is -0.467 e. The zero-order chi connectivity index (χ0) is 10.7. The number of nitrogens with zero attached hydrogens (tertiary/aromatic N) is 1. The van der Waals surface area contributed by atoms with Crippen molar-refractivity contribution in [3.63, 3.8) is 0 Å². The molecule has 0 saturated heterocycles. The minimum atomic E-state index is 0.732. The van der Waals surface area contributed by atoms with Crippen LogP contribution in [-0.2, 0) is 6.54 Å². The van der Waals surface area contributed by atoms with Crippen LogP contribution in [0, 0.1) is 6.92 Å². The quantitative estimate of drug-likeness (QED) is 0.830. The SMILES string of the molecule is CNCc1occc1-c1ccc(C)nc1. The summed E-state index contributed by atoms with van der Waals surface area (Å²) in [5, 5.41) is 3.08. The van der Waals surface area contributed by atoms with Crippen LogP contribution in [-0.4, -0.2) is 12.0 Å². The monoisotopic (exact) mass is 202 g/mol. The molecule has 2 aromatic rings. The van der Waals surface area contributed by atoms with Gasteiger partial charge in [0.25, 0.3) is 0 Å². The molecule has 0 spiro atoms. The van der Waals surface area contributed by atoms with E-state index in [1.165, 1.54) is 0 Å². The predicted octanol–water partition coefficient (Wildman–Crippen LogP) is 2.37. The van der Waals surface area contributed by atoms with E-state index < -0.39 is 0 Å². The number of nitrogens with one attached hydrogen (secondary N) is 1. The molecule has 0 fully saturated rings. The molecule has 3 heteroatoms. The smallest absolute Gasteiger partial charge is 0.125 e. The highest BCUT2D eigenvalue weighted by Crippen LogP contribution is 2.24. The fourth-order valence-electron chi connectivity index (χ4n) is 1.52. The number of aromatic nitrogens is 1. The van der Waals surface area contributed by atoms with Crippen LogP contribution in [0.5, 0.6) is 0 Å². The maximum atomic E-state index is 5.40. The van der Waals surface area contributed by atoms with Crippen molar-refractivity contribution in [3.05, 3.63) is 42.1 Å². The molecule has 0 saturated carbocycles. The number of hydrogen-bond acceptors (Lipinski definition) is 3. The van der Waals surface area contributed by atoms with Crippen LogP contribution in [0.25, 0.3) is 11.1 Å². The van der Waals surface area contributed by atoms with Gasteiger partial charge in [-0.3, -0.25) is 4.98 Å². The van der Waals surface area contributed by atoms with Gasteiger partial charge in [-0.05, 0) is 26.1 Å². The van der Waals surface area contributed by atoms with Crippen molar-refractivity contribution in [3.8, 4) is 11.1 Å². The maximum absolute atomic E-state index is 5.40. The number of furan rings is 1. The lowest BCUT2D eigenvalue weighted by atomic mass is 10.1. The van der Waals surface area contributed by atoms with Crippen molar-refractivity contribution in [2.75, 3.05) is 7.05 Å². The van der Waals surface area contributed by atoms with E-state index in [4.69, 9.17) is 4.42 Å². The fourth-order valence-corrected chi connectivity index (χ4v) is 1.52. The Morgan fingerprint density at radius 2 is 2.20 bits per heavy atom. The largest absolute Gasteiger partial charge is 0.467 e. The topological polar surface area (TPSA) is 38.1 Å². The Morgan fingerprint density at radius 3 is 2.87 bits per heavy atom. The number of rotatable bonds is 3. The molecule has 0 aliphatic rings. The van der Waals surface area contributed by atoms with Crippen LogP contribution in [0.2, 0.25) is 0 Å². The number of aryl methyl sites for hydroxylation is 1. The van der Waals surface area contributed by atoms with Gasteiger partial charge in [-0.1, -0.05) is 6.07 Å². The zero-order valence-electron chi connectivity index (χ0n) is 8.95. The molecule has 3 nitrogen and oxygen atoms in total. The summed E-state index contributed by atoms with van der Waals surface area (Å²) in [5.74, 6) is 0.947. The van der Waals surface area contributed by atoms with Crippen molar-refractivity contribution >= 4 is 0 Å². The van der Waals surface area contributed by atoms with E-state index in [2.05, 4.69) is 16.4 Å². The van der Waals surface area contributed by atoms with E-state index in [0.29, 0.717) is 0 Å². The molecule has 0 amide bonds. The van der Waals surface area contributed by atoms with E-state index in [9.17, 15) is 0 Å². The normalized spacial score (nSPS) is 10.5. The molecule has 0 atom stereocenters. The minimum absolute atomic E-state index is 0.732. The molecule has 0 aliphatic heterocycles. The molecule has 0 unspecified atom stereocenters. The molecular formula is C12H14N2O. The van der Waals surface area contributed by atoms with Gasteiger partial charge in [0.15, 0.2) is 0 Å². The summed E-state index contributed by atoms with van der Waals surface area (Å²) in [4.78, 5) is 4.27. The Bertz CT molecular complexity index is 431. The Balaban J connectivity index is 2.36. The molecule has 0 bridgehead atoms. The summed E-state index contributed by atoms with van der Waals surface area (Å²) in [6.07, 6.45) is 3.58. The third-order valence-electron chi connectivity index (χ3n) is 2.31. The Kier molecular flexibility index (Phi) is 2.83. The molecule has 78 valence electrons. The standard InChI is InChI=1S/C12H14N2O/c1-9-3-4-10(7-14-9)11-5-6-15-12(11)8-13-2/h3-7,13H,8H2,1-2H3. The van der Waals surface area contributed by atoms with Crippen molar-refractivity contribution < 1.29 is 4.42 Å². The zero-order valence-corrected chi connectivity index (χ0v) is 8.95. The first-order chi connectivity index (χ1) is 7.31. The molecule has 0 aliphatic carbocycles. The lowest BCUT2D eigenvalue weighted by molar-refractivity contribution is 0.497. The van der Waals surface area contributed by atoms with Gasteiger partial charge in [-0.25, -0.2) is 0 Å². The van der Waals surface area contributed by atoms with E-state index in [1.807, 2.05) is 32.3 Å². The lowest BCUT2D eigenvalue weighted by Crippen LogP contribution is -2.04. The second kappa shape index (κ2) is 4.28. The van der Waals surface area contributed by atoms with Gasteiger partial charge < -0.3 is 9.73 Å². The second-order valence-electron chi connectivity index (χ2n) is 3.48. The van der Waals surface area contributed by atoms with Crippen molar-refractivity contribution in [1.29, 1.82) is 0 Å². The first-order valence-corrected chi connectivity index (χ1v) is 4.95. The Hall–Kier alpha value is -1.61. The third kappa shape index (κ3) is 2.07. The highest BCUT2D eigenvalue weighted by Gasteiger charge is 2.07. The van der Waals surface area contributed by atoms with E-state index in [1.54, 1.807) is 6.26 Å². The van der Waals surface area contributed by atoms with Gasteiger partial charge in [-0.15, -0.1) is 0 Å². The van der Waals surface area contributed by atoms with Crippen LogP contribution in [0.4, 0.5) is 0 Å². The van der Waals surface area contributed by atoms with Crippen LogP contribution in [0.1, 0.15) is 11.5 Å². The lowest BCUT2D eigenvalue weighted by Gasteiger charge is -2.02. The summed E-state index contributed by atoms with van der Waals surface area (Å²) in [6.45, 7) is 2.71. The third-order valence-corrected chi connectivity index (χ3v) is 2.31. The molecule has 0 radical (unpaired) electrons. The van der Waals surface area contributed by atoms with Crippen LogP contribution >= 0.6 is 0 Å². The number of hydrogen-bond donors (Lipinski definition) is 1. The van der Waals surface area contributed by atoms with Crippen LogP contribution < -0.4 is 5.32 Å². The van der Waals surface area contributed by atoms with Crippen LogP contribution in [0.15, 0.2) is 35.1 Å². The average molecular weight is 202 g/mol. The van der Waals surface area contributed by atoms with Crippen molar-refractivity contribution in [2.24, 2.45) is 0 Å². The summed E-state index contributed by atoms with van der Waals surface area (Å²) >= 11 is 0. The van der Waals surface area contributed by atoms with Crippen molar-refractivity contribution in [2.45, 2.75) is 13.5 Å². The first kappa shape index (κ1) is 9.93. The summed E-state index contributed by atoms with van der Waals surface area (Å²) in [5.41, 5.74) is 3.23. The van der Waals surface area contributed by atoms with Crippen LogP contribution in [0.3, 0.4) is 0 Å². The van der Waals surface area contributed by atoms with Gasteiger partial charge in [-0.2, -0.15) is 0 Å². The van der Waals surface area contributed by atoms with E-state index in [0.717, 1.165) is 29.1 Å². The van der Waals surface area contributed by atoms with E-state index >= 15 is 0 Å². The van der Waals surface area contributed by atoms with Gasteiger partial charge >= 0.3 is 0 Å². The summed E-state index contributed by atoms with van der Waals surface area (Å²) < 4.78 is 5.40. The van der Waals surface area contributed by atoms with Gasteiger partial charge in [0.2, 0.25) is 0 Å². The van der Waals surface area contributed by atoms with Gasteiger partial charge in [0.1, 0.15) is 5.76 Å². The van der Waals surface area contributed by atoms with Gasteiger partial charge in [0.05, 0.1) is 12.8 Å². The van der Waals surface area contributed by atoms with Crippen molar-refractivity contribution in [1.82, 2.24) is 10.3 Å². The fraction of sp³-hybridized carbons (Fsp3) is 0.250. The Labute approximate surface area is 89.1 Å². The molecule has 2 aromatic heterocycles. The summed E-state index contributed by atoms with van der Waals surface area (Å²) in [6, 6.07) is 6.04. The molecule has 15 heavy (non-hydrogen) atoms. The predicted molar refractivity (Wildman–Crippen MR) is 59.4 cm³/mol. The Morgan fingerprint density at radius 1 is 1.33 bits per heavy atom. The van der Waals surface area contributed by atoms with E-state index in [-0.39, 0.29) is 0 Å². The molecule has 1 N–H and O–H groups in total. The summed E-state index contributed by atoms with van der Waals surface area (Å²) in [7, 11) is 1.90. The molecule has 2 rings (SSSR count). The molecular weight excluding hydrogens is 188 g/mol. The first-order valence-electron chi connectivity index (χ1n) is 4.95. The highest BCUT2D eigenvalue weighted by molar-refractivity contribution is 5.64. The average Bonchev–Trinajstić information content (AvgIpc) is 2.68. The second-order valence-corrected chi connectivity index (χ2v) is 3.48. The highest BCUT2D eigenvalue weighted by atomic mass is 16.3. The molecule has 0 aromatic carbocycles. The maximum Gasteiger partial charge on any atom is 0.125 e.